The second-order valence-corrected chi connectivity index (χ2v) is 6.04. The summed E-state index contributed by atoms with van der Waals surface area (Å²) in [6.07, 6.45) is 3.67. The van der Waals surface area contributed by atoms with Crippen LogP contribution < -0.4 is 5.11 Å². The zero-order valence-electron chi connectivity index (χ0n) is 11.6. The van der Waals surface area contributed by atoms with E-state index in [1.807, 2.05) is 34.6 Å². The van der Waals surface area contributed by atoms with Crippen LogP contribution >= 0.6 is 0 Å². The highest BCUT2D eigenvalue weighted by Crippen LogP contribution is 2.58. The molecule has 4 nitrogen and oxygen atoms in total. The molecular formula is C14H21O4-. The Morgan fingerprint density at radius 3 is 2.33 bits per heavy atom. The van der Waals surface area contributed by atoms with E-state index in [2.05, 4.69) is 0 Å². The monoisotopic (exact) mass is 253 g/mol. The molecule has 0 spiro atoms. The predicted octanol–water partition coefficient (Wildman–Crippen LogP) is 1.30. The minimum Gasteiger partial charge on any atom is -0.550 e. The van der Waals surface area contributed by atoms with E-state index < -0.39 is 23.5 Å². The number of hydrogen-bond donors (Lipinski definition) is 0. The highest BCUT2D eigenvalue weighted by molar-refractivity contribution is 5.83. The van der Waals surface area contributed by atoms with E-state index in [0.29, 0.717) is 0 Å². The molecule has 102 valence electrons. The summed E-state index contributed by atoms with van der Waals surface area (Å²) in [4.78, 5) is 22.4. The van der Waals surface area contributed by atoms with Gasteiger partial charge in [0.25, 0.3) is 0 Å². The van der Waals surface area contributed by atoms with Gasteiger partial charge in [0.2, 0.25) is 0 Å². The van der Waals surface area contributed by atoms with Crippen LogP contribution in [0.2, 0.25) is 0 Å². The molecule has 0 radical (unpaired) electrons. The van der Waals surface area contributed by atoms with Crippen LogP contribution in [0, 0.1) is 17.3 Å². The van der Waals surface area contributed by atoms with Crippen LogP contribution in [-0.4, -0.2) is 17.5 Å². The summed E-state index contributed by atoms with van der Waals surface area (Å²) >= 11 is 0. The number of hydrogen-bond acceptors (Lipinski definition) is 4. The maximum Gasteiger partial charge on any atom is 0.330 e. The molecule has 1 fully saturated rings. The molecule has 18 heavy (non-hydrogen) atoms. The zero-order chi connectivity index (χ0) is 14.1. The number of carboxylic acid groups (broad SMARTS) is 1. The Morgan fingerprint density at radius 1 is 1.39 bits per heavy atom. The summed E-state index contributed by atoms with van der Waals surface area (Å²) in [5.41, 5.74) is -0.829. The number of allylic oxidation sites excluding steroid dienone is 1. The average molecular weight is 253 g/mol. The molecule has 0 aromatic heterocycles. The summed E-state index contributed by atoms with van der Waals surface area (Å²) in [5, 5.41) is 10.8. The van der Waals surface area contributed by atoms with E-state index in [0.717, 1.165) is 6.42 Å². The van der Waals surface area contributed by atoms with Crippen molar-refractivity contribution < 1.29 is 19.4 Å². The zero-order valence-corrected chi connectivity index (χ0v) is 11.6. The van der Waals surface area contributed by atoms with Crippen molar-refractivity contribution in [2.75, 3.05) is 0 Å². The molecule has 0 aromatic rings. The summed E-state index contributed by atoms with van der Waals surface area (Å²) in [5.74, 6) is -2.15. The molecule has 0 amide bonds. The van der Waals surface area contributed by atoms with Gasteiger partial charge < -0.3 is 14.6 Å². The largest absolute Gasteiger partial charge is 0.550 e. The molecule has 1 aliphatic carbocycles. The van der Waals surface area contributed by atoms with Crippen molar-refractivity contribution in [2.45, 2.75) is 46.6 Å². The van der Waals surface area contributed by atoms with Crippen LogP contribution in [0.5, 0.6) is 0 Å². The first-order valence-corrected chi connectivity index (χ1v) is 6.24. The fourth-order valence-electron chi connectivity index (χ4n) is 2.05. The summed E-state index contributed by atoms with van der Waals surface area (Å²) in [6.45, 7) is 9.31. The number of carbonyl (C=O) groups is 2. The number of ether oxygens (including phenoxy) is 1. The van der Waals surface area contributed by atoms with Crippen LogP contribution in [0.15, 0.2) is 12.2 Å². The lowest BCUT2D eigenvalue weighted by Crippen LogP contribution is -2.26. The van der Waals surface area contributed by atoms with Crippen LogP contribution in [-0.2, 0) is 14.3 Å². The van der Waals surface area contributed by atoms with E-state index in [9.17, 15) is 14.7 Å². The fourth-order valence-corrected chi connectivity index (χ4v) is 2.05. The molecule has 2 atom stereocenters. The Bertz CT molecular complexity index is 379. The topological polar surface area (TPSA) is 66.4 Å². The smallest absolute Gasteiger partial charge is 0.330 e. The lowest BCUT2D eigenvalue weighted by atomic mass is 10.1. The molecule has 0 bridgehead atoms. The Morgan fingerprint density at radius 2 is 1.94 bits per heavy atom. The van der Waals surface area contributed by atoms with Crippen LogP contribution in [0.25, 0.3) is 0 Å². The Balaban J connectivity index is 2.57. The molecule has 1 aliphatic rings. The summed E-state index contributed by atoms with van der Waals surface area (Å²) in [6, 6.07) is 0. The fraction of sp³-hybridized carbons (Fsp3) is 0.714. The number of carboxylic acids is 1. The molecular weight excluding hydrogens is 232 g/mol. The quantitative estimate of drug-likeness (QED) is 0.547. The molecule has 1 saturated carbocycles. The van der Waals surface area contributed by atoms with Gasteiger partial charge >= 0.3 is 5.97 Å². The molecule has 0 aromatic carbocycles. The molecule has 1 rings (SSSR count). The highest BCUT2D eigenvalue weighted by atomic mass is 16.6. The van der Waals surface area contributed by atoms with E-state index in [-0.39, 0.29) is 11.3 Å². The number of aliphatic carboxylic acids is 1. The third-order valence-corrected chi connectivity index (χ3v) is 3.83. The maximum atomic E-state index is 11.6. The van der Waals surface area contributed by atoms with Crippen molar-refractivity contribution in [1.82, 2.24) is 0 Å². The van der Waals surface area contributed by atoms with Crippen LogP contribution in [0.4, 0.5) is 0 Å². The van der Waals surface area contributed by atoms with Crippen LogP contribution in [0.3, 0.4) is 0 Å². The third kappa shape index (κ3) is 3.12. The van der Waals surface area contributed by atoms with E-state index >= 15 is 0 Å². The van der Waals surface area contributed by atoms with Gasteiger partial charge in [-0.1, -0.05) is 26.8 Å². The van der Waals surface area contributed by atoms with Gasteiger partial charge in [0, 0.05) is 18.0 Å². The first kappa shape index (κ1) is 14.7. The van der Waals surface area contributed by atoms with E-state index in [1.54, 1.807) is 6.08 Å². The van der Waals surface area contributed by atoms with E-state index in [4.69, 9.17) is 4.74 Å². The number of rotatable bonds is 5. The summed E-state index contributed by atoms with van der Waals surface area (Å²) in [7, 11) is 0. The Labute approximate surface area is 108 Å². The standard InChI is InChI=1S/C14H22O4/c1-6-13(2,3)18-10(15)8-7-9-11(12(16)17)14(9,4)5/h7-9,11H,6H2,1-5H3,(H,16,17)/p-1/b8-7+. The van der Waals surface area contributed by atoms with Gasteiger partial charge in [-0.3, -0.25) is 0 Å². The number of esters is 1. The van der Waals surface area contributed by atoms with Gasteiger partial charge in [-0.25, -0.2) is 4.79 Å². The summed E-state index contributed by atoms with van der Waals surface area (Å²) < 4.78 is 5.24. The highest BCUT2D eigenvalue weighted by Gasteiger charge is 2.56. The van der Waals surface area contributed by atoms with Gasteiger partial charge in [0.15, 0.2) is 0 Å². The van der Waals surface area contributed by atoms with Gasteiger partial charge in [0.05, 0.1) is 0 Å². The van der Waals surface area contributed by atoms with Crippen molar-refractivity contribution >= 4 is 11.9 Å². The second-order valence-electron chi connectivity index (χ2n) is 6.04. The first-order valence-electron chi connectivity index (χ1n) is 6.24. The minimum atomic E-state index is -1.06. The Kier molecular flexibility index (Phi) is 3.89. The molecule has 0 heterocycles. The maximum absolute atomic E-state index is 11.6. The molecule has 2 unspecified atom stereocenters. The average Bonchev–Trinajstić information content (AvgIpc) is 2.77. The van der Waals surface area contributed by atoms with Crippen molar-refractivity contribution in [3.8, 4) is 0 Å². The second kappa shape index (κ2) is 4.75. The van der Waals surface area contributed by atoms with Crippen LogP contribution in [0.1, 0.15) is 41.0 Å². The molecule has 0 aliphatic heterocycles. The van der Waals surface area contributed by atoms with Crippen molar-refractivity contribution in [3.63, 3.8) is 0 Å². The number of carbonyl (C=O) groups excluding carboxylic acids is 2. The normalized spacial score (nSPS) is 26.1. The van der Waals surface area contributed by atoms with Crippen molar-refractivity contribution in [3.05, 3.63) is 12.2 Å². The van der Waals surface area contributed by atoms with Gasteiger partial charge in [-0.2, -0.15) is 0 Å². The Hall–Kier alpha value is -1.32. The van der Waals surface area contributed by atoms with Crippen molar-refractivity contribution in [2.24, 2.45) is 17.3 Å². The lowest BCUT2D eigenvalue weighted by Gasteiger charge is -2.22. The van der Waals surface area contributed by atoms with E-state index in [1.165, 1.54) is 6.08 Å². The SMILES string of the molecule is CCC(C)(C)OC(=O)/C=C/C1C(C(=O)[O-])C1(C)C. The molecule has 0 N–H and O–H groups in total. The predicted molar refractivity (Wildman–Crippen MR) is 65.4 cm³/mol. The molecule has 4 heteroatoms. The minimum absolute atomic E-state index is 0.153. The van der Waals surface area contributed by atoms with Crippen molar-refractivity contribution in [1.29, 1.82) is 0 Å². The third-order valence-electron chi connectivity index (χ3n) is 3.83. The first-order chi connectivity index (χ1) is 8.12. The lowest BCUT2D eigenvalue weighted by molar-refractivity contribution is -0.309. The van der Waals surface area contributed by atoms with Gasteiger partial charge in [-0.15, -0.1) is 0 Å². The van der Waals surface area contributed by atoms with Gasteiger partial charge in [-0.05, 0) is 31.6 Å². The molecule has 0 saturated heterocycles. The van der Waals surface area contributed by atoms with Gasteiger partial charge in [0.1, 0.15) is 5.60 Å².